The van der Waals surface area contributed by atoms with E-state index in [0.29, 0.717) is 0 Å². The Kier molecular flexibility index (Phi) is 5.49. The molecular weight excluding hydrogens is 324 g/mol. The van der Waals surface area contributed by atoms with Crippen LogP contribution in [0.4, 0.5) is 5.69 Å². The number of rotatable bonds is 5. The first-order chi connectivity index (χ1) is 11.8. The molecule has 1 amide bonds. The minimum atomic E-state index is -0.746. The molecule has 25 heavy (non-hydrogen) atoms. The van der Waals surface area contributed by atoms with E-state index in [1.807, 2.05) is 38.1 Å². The van der Waals surface area contributed by atoms with Crippen LogP contribution in [0.3, 0.4) is 0 Å². The van der Waals surface area contributed by atoms with E-state index in [1.165, 1.54) is 13.2 Å². The van der Waals surface area contributed by atoms with Crippen LogP contribution < -0.4 is 5.32 Å². The van der Waals surface area contributed by atoms with Crippen molar-refractivity contribution in [1.29, 1.82) is 0 Å². The third-order valence-electron chi connectivity index (χ3n) is 3.81. The highest BCUT2D eigenvalue weighted by Gasteiger charge is 2.20. The van der Waals surface area contributed by atoms with Crippen molar-refractivity contribution in [3.05, 3.63) is 74.8 Å². The minimum absolute atomic E-state index is 0.0232. The fourth-order valence-electron chi connectivity index (χ4n) is 2.51. The van der Waals surface area contributed by atoms with Gasteiger partial charge in [-0.25, -0.2) is 4.79 Å². The predicted octanol–water partition coefficient (Wildman–Crippen LogP) is 3.18. The molecule has 0 aliphatic heterocycles. The van der Waals surface area contributed by atoms with Crippen LogP contribution in [-0.4, -0.2) is 23.9 Å². The standard InChI is InChI=1S/C18H18N2O5/c1-11-6-4-5-7-16(11)12(2)19-17(21)13-8-14(18(22)25-3)10-15(9-13)20(23)24/h4-10,12H,1-3H3,(H,19,21). The van der Waals surface area contributed by atoms with E-state index in [1.54, 1.807) is 0 Å². The summed E-state index contributed by atoms with van der Waals surface area (Å²) in [5.74, 6) is -1.26. The van der Waals surface area contributed by atoms with Crippen LogP contribution in [0, 0.1) is 17.0 Å². The second-order valence-corrected chi connectivity index (χ2v) is 5.57. The fourth-order valence-corrected chi connectivity index (χ4v) is 2.51. The number of hydrogen-bond donors (Lipinski definition) is 1. The van der Waals surface area contributed by atoms with Crippen molar-refractivity contribution in [2.45, 2.75) is 19.9 Å². The fraction of sp³-hybridized carbons (Fsp3) is 0.222. The predicted molar refractivity (Wildman–Crippen MR) is 91.5 cm³/mol. The molecule has 7 heteroatoms. The second-order valence-electron chi connectivity index (χ2n) is 5.57. The number of benzene rings is 2. The first-order valence-electron chi connectivity index (χ1n) is 7.57. The van der Waals surface area contributed by atoms with Crippen LogP contribution in [0.25, 0.3) is 0 Å². The van der Waals surface area contributed by atoms with Gasteiger partial charge in [-0.3, -0.25) is 14.9 Å². The Morgan fingerprint density at radius 2 is 1.80 bits per heavy atom. The van der Waals surface area contributed by atoms with Crippen molar-refractivity contribution in [2.24, 2.45) is 0 Å². The summed E-state index contributed by atoms with van der Waals surface area (Å²) in [6.07, 6.45) is 0. The maximum atomic E-state index is 12.5. The van der Waals surface area contributed by atoms with Crippen LogP contribution in [-0.2, 0) is 4.74 Å². The molecule has 0 aliphatic carbocycles. The van der Waals surface area contributed by atoms with E-state index in [2.05, 4.69) is 10.1 Å². The highest BCUT2D eigenvalue weighted by atomic mass is 16.6. The highest BCUT2D eigenvalue weighted by Crippen LogP contribution is 2.21. The number of amides is 1. The van der Waals surface area contributed by atoms with Crippen LogP contribution in [0.15, 0.2) is 42.5 Å². The normalized spacial score (nSPS) is 11.5. The van der Waals surface area contributed by atoms with Gasteiger partial charge in [-0.1, -0.05) is 24.3 Å². The molecule has 1 unspecified atom stereocenters. The SMILES string of the molecule is COC(=O)c1cc(C(=O)NC(C)c2ccccc2C)cc([N+](=O)[O-])c1. The molecule has 2 aromatic carbocycles. The number of nitro benzene ring substituents is 1. The number of esters is 1. The lowest BCUT2D eigenvalue weighted by molar-refractivity contribution is -0.384. The first-order valence-corrected chi connectivity index (χ1v) is 7.57. The minimum Gasteiger partial charge on any atom is -0.465 e. The summed E-state index contributed by atoms with van der Waals surface area (Å²) in [6.45, 7) is 3.75. The lowest BCUT2D eigenvalue weighted by Crippen LogP contribution is -2.27. The quantitative estimate of drug-likeness (QED) is 0.511. The van der Waals surface area contributed by atoms with E-state index in [0.717, 1.165) is 23.3 Å². The average Bonchev–Trinajstić information content (AvgIpc) is 2.60. The largest absolute Gasteiger partial charge is 0.465 e. The van der Waals surface area contributed by atoms with Crippen LogP contribution >= 0.6 is 0 Å². The molecule has 0 bridgehead atoms. The molecule has 0 aliphatic rings. The third kappa shape index (κ3) is 4.20. The summed E-state index contributed by atoms with van der Waals surface area (Å²) in [5, 5.41) is 13.8. The molecule has 130 valence electrons. The molecule has 0 saturated heterocycles. The zero-order chi connectivity index (χ0) is 18.6. The molecule has 0 spiro atoms. The van der Waals surface area contributed by atoms with Gasteiger partial charge in [0.2, 0.25) is 0 Å². The Morgan fingerprint density at radius 1 is 1.16 bits per heavy atom. The summed E-state index contributed by atoms with van der Waals surface area (Å²) < 4.78 is 4.58. The summed E-state index contributed by atoms with van der Waals surface area (Å²) in [6, 6.07) is 10.8. The molecular formula is C18H18N2O5. The molecule has 0 heterocycles. The van der Waals surface area contributed by atoms with E-state index < -0.39 is 16.8 Å². The second kappa shape index (κ2) is 7.57. The summed E-state index contributed by atoms with van der Waals surface area (Å²) >= 11 is 0. The van der Waals surface area contributed by atoms with Crippen LogP contribution in [0.5, 0.6) is 0 Å². The Morgan fingerprint density at radius 3 is 2.40 bits per heavy atom. The molecule has 2 rings (SSSR count). The average molecular weight is 342 g/mol. The lowest BCUT2D eigenvalue weighted by Gasteiger charge is -2.16. The van der Waals surface area contributed by atoms with Crippen molar-refractivity contribution in [3.8, 4) is 0 Å². The number of carbonyl (C=O) groups excluding carboxylic acids is 2. The van der Waals surface area contributed by atoms with Crippen molar-refractivity contribution in [3.63, 3.8) is 0 Å². The van der Waals surface area contributed by atoms with Gasteiger partial charge < -0.3 is 10.1 Å². The van der Waals surface area contributed by atoms with E-state index in [9.17, 15) is 19.7 Å². The molecule has 7 nitrogen and oxygen atoms in total. The molecule has 0 aromatic heterocycles. The van der Waals surface area contributed by atoms with Crippen LogP contribution in [0.1, 0.15) is 44.8 Å². The first kappa shape index (κ1) is 18.1. The van der Waals surface area contributed by atoms with Crippen molar-refractivity contribution in [2.75, 3.05) is 7.11 Å². The number of nitrogens with one attached hydrogen (secondary N) is 1. The number of hydrogen-bond acceptors (Lipinski definition) is 5. The summed E-state index contributed by atoms with van der Waals surface area (Å²) in [7, 11) is 1.17. The highest BCUT2D eigenvalue weighted by molar-refractivity contribution is 5.99. The number of nitrogens with zero attached hydrogens (tertiary/aromatic N) is 1. The van der Waals surface area contributed by atoms with Crippen molar-refractivity contribution >= 4 is 17.6 Å². The zero-order valence-corrected chi connectivity index (χ0v) is 14.1. The number of methoxy groups -OCH3 is 1. The van der Waals surface area contributed by atoms with E-state index >= 15 is 0 Å². The number of carbonyl (C=O) groups is 2. The summed E-state index contributed by atoms with van der Waals surface area (Å²) in [4.78, 5) is 34.6. The maximum Gasteiger partial charge on any atom is 0.338 e. The van der Waals surface area contributed by atoms with Gasteiger partial charge in [0.05, 0.1) is 23.6 Å². The number of non-ortho nitro benzene ring substituents is 1. The lowest BCUT2D eigenvalue weighted by atomic mass is 10.0. The van der Waals surface area contributed by atoms with Crippen molar-refractivity contribution < 1.29 is 19.2 Å². The third-order valence-corrected chi connectivity index (χ3v) is 3.81. The van der Waals surface area contributed by atoms with Gasteiger partial charge in [0.25, 0.3) is 11.6 Å². The van der Waals surface area contributed by atoms with Gasteiger partial charge >= 0.3 is 5.97 Å². The van der Waals surface area contributed by atoms with Gasteiger partial charge in [0.1, 0.15) is 0 Å². The van der Waals surface area contributed by atoms with Gasteiger partial charge in [-0.2, -0.15) is 0 Å². The Balaban J connectivity index is 2.32. The molecule has 2 aromatic rings. The molecule has 0 saturated carbocycles. The maximum absolute atomic E-state index is 12.5. The Bertz CT molecular complexity index is 832. The molecule has 1 atom stereocenters. The molecule has 0 radical (unpaired) electrons. The van der Waals surface area contributed by atoms with Gasteiger partial charge in [-0.05, 0) is 31.0 Å². The van der Waals surface area contributed by atoms with Gasteiger partial charge in [-0.15, -0.1) is 0 Å². The zero-order valence-electron chi connectivity index (χ0n) is 14.1. The Labute approximate surface area is 144 Å². The van der Waals surface area contributed by atoms with Gasteiger partial charge in [0, 0.05) is 17.7 Å². The van der Waals surface area contributed by atoms with Crippen LogP contribution in [0.2, 0.25) is 0 Å². The van der Waals surface area contributed by atoms with Gasteiger partial charge in [0.15, 0.2) is 0 Å². The number of ether oxygens (including phenoxy) is 1. The Hall–Kier alpha value is -3.22. The van der Waals surface area contributed by atoms with E-state index in [4.69, 9.17) is 0 Å². The number of aryl methyl sites for hydroxylation is 1. The van der Waals surface area contributed by atoms with Crippen molar-refractivity contribution in [1.82, 2.24) is 5.32 Å². The molecule has 1 N–H and O–H groups in total. The monoisotopic (exact) mass is 342 g/mol. The van der Waals surface area contributed by atoms with E-state index in [-0.39, 0.29) is 22.9 Å². The smallest absolute Gasteiger partial charge is 0.338 e. The summed E-state index contributed by atoms with van der Waals surface area (Å²) in [5.41, 5.74) is 1.58. The topological polar surface area (TPSA) is 98.5 Å². The molecule has 0 fully saturated rings. The number of nitro groups is 1.